The number of aromatic nitrogens is 2. The fraction of sp³-hybridized carbons (Fsp3) is 0.148. The number of nitrogens with zero attached hydrogens (tertiary/aromatic N) is 2. The van der Waals surface area contributed by atoms with Crippen molar-refractivity contribution in [3.63, 3.8) is 0 Å². The first-order chi connectivity index (χ1) is 15.7. The maximum atomic E-state index is 6.01. The predicted molar refractivity (Wildman–Crippen MR) is 128 cm³/mol. The molecule has 5 heteroatoms. The maximum Gasteiger partial charge on any atom is 0.242 e. The van der Waals surface area contributed by atoms with E-state index in [1.165, 1.54) is 22.3 Å². The number of ether oxygens (including phenoxy) is 2. The summed E-state index contributed by atoms with van der Waals surface area (Å²) >= 11 is 0. The van der Waals surface area contributed by atoms with E-state index in [1.54, 1.807) is 7.11 Å². The molecule has 0 amide bonds. The van der Waals surface area contributed by atoms with Crippen LogP contribution in [0.15, 0.2) is 60.7 Å². The van der Waals surface area contributed by atoms with Gasteiger partial charge in [0.15, 0.2) is 0 Å². The quantitative estimate of drug-likeness (QED) is 0.435. The first kappa shape index (κ1) is 20.1. The van der Waals surface area contributed by atoms with Crippen LogP contribution in [0.3, 0.4) is 0 Å². The van der Waals surface area contributed by atoms with Gasteiger partial charge < -0.3 is 15.2 Å². The highest BCUT2D eigenvalue weighted by Gasteiger charge is 2.26. The molecule has 0 aliphatic carbocycles. The molecule has 2 N–H and O–H groups in total. The van der Waals surface area contributed by atoms with Crippen LogP contribution in [-0.2, 0) is 6.42 Å². The monoisotopic (exact) mass is 424 g/mol. The summed E-state index contributed by atoms with van der Waals surface area (Å²) in [7, 11) is 1.65. The molecule has 0 radical (unpaired) electrons. The number of hydrogen-bond acceptors (Lipinski definition) is 3. The minimum absolute atomic E-state index is 0.636. The number of benzene rings is 2. The fourth-order valence-electron chi connectivity index (χ4n) is 4.31. The molecule has 5 nitrogen and oxygen atoms in total. The van der Waals surface area contributed by atoms with E-state index in [4.69, 9.17) is 15.2 Å². The number of fused-ring (bicyclic) bond motifs is 3. The zero-order valence-electron chi connectivity index (χ0n) is 18.3. The molecule has 2 aromatic heterocycles. The summed E-state index contributed by atoms with van der Waals surface area (Å²) in [5.74, 6) is 2.37. The van der Waals surface area contributed by atoms with Gasteiger partial charge in [-0.15, -0.1) is 4.52 Å². The molecule has 160 valence electrons. The Kier molecular flexibility index (Phi) is 5.25. The van der Waals surface area contributed by atoms with Crippen molar-refractivity contribution in [2.24, 2.45) is 5.73 Å². The van der Waals surface area contributed by atoms with Gasteiger partial charge in [0.2, 0.25) is 11.9 Å². The lowest BCUT2D eigenvalue weighted by atomic mass is 10.1. The van der Waals surface area contributed by atoms with E-state index in [-0.39, 0.29) is 0 Å². The molecule has 1 aliphatic rings. The van der Waals surface area contributed by atoms with Crippen LogP contribution in [-0.4, -0.2) is 18.2 Å². The number of rotatable bonds is 7. The SMILES string of the molecule is COc1ccc(Oc2cccc(C=Cc3cc(C)c4c(CCN)c5[n+](n34)=CC=C5)c2)cc1. The van der Waals surface area contributed by atoms with E-state index in [0.717, 1.165) is 34.9 Å². The Morgan fingerprint density at radius 3 is 2.59 bits per heavy atom. The Labute approximate surface area is 187 Å². The Morgan fingerprint density at radius 2 is 1.81 bits per heavy atom. The summed E-state index contributed by atoms with van der Waals surface area (Å²) in [5.41, 5.74) is 13.1. The van der Waals surface area contributed by atoms with Crippen LogP contribution < -0.4 is 19.6 Å². The van der Waals surface area contributed by atoms with Crippen molar-refractivity contribution in [3.8, 4) is 17.2 Å². The number of hydrogen-bond donors (Lipinski definition) is 1. The summed E-state index contributed by atoms with van der Waals surface area (Å²) in [6, 6.07) is 17.9. The van der Waals surface area contributed by atoms with Gasteiger partial charge in [-0.1, -0.05) is 22.6 Å². The van der Waals surface area contributed by atoms with Gasteiger partial charge in [0.25, 0.3) is 0 Å². The maximum absolute atomic E-state index is 6.01. The molecule has 1 aliphatic heterocycles. The van der Waals surface area contributed by atoms with Crippen molar-refractivity contribution in [1.82, 2.24) is 4.52 Å². The van der Waals surface area contributed by atoms with E-state index < -0.39 is 0 Å². The van der Waals surface area contributed by atoms with Gasteiger partial charge in [-0.25, -0.2) is 0 Å². The van der Waals surface area contributed by atoms with Crippen molar-refractivity contribution in [2.45, 2.75) is 13.3 Å². The average molecular weight is 425 g/mol. The van der Waals surface area contributed by atoms with Crippen LogP contribution in [0.4, 0.5) is 0 Å². The number of aryl methyl sites for hydroxylation is 1. The third kappa shape index (κ3) is 3.57. The van der Waals surface area contributed by atoms with Gasteiger partial charge in [0.1, 0.15) is 28.5 Å². The summed E-state index contributed by atoms with van der Waals surface area (Å²) in [5, 5.41) is 0. The summed E-state index contributed by atoms with van der Waals surface area (Å²) in [4.78, 5) is 0. The molecule has 0 saturated carbocycles. The molecule has 0 spiro atoms. The van der Waals surface area contributed by atoms with E-state index >= 15 is 0 Å². The van der Waals surface area contributed by atoms with Gasteiger partial charge in [0.05, 0.1) is 12.7 Å². The Morgan fingerprint density at radius 1 is 1.00 bits per heavy atom. The van der Waals surface area contributed by atoms with Gasteiger partial charge in [-0.05, 0) is 79.6 Å². The van der Waals surface area contributed by atoms with E-state index in [9.17, 15) is 0 Å². The standard InChI is InChI=1S/C27H26N3O2/c1-19-17-21(30-27(19)25(14-15-28)26-7-4-16-29(26)30)9-8-20-5-3-6-24(18-20)32-23-12-10-22(31-2)11-13-23/h3-13,16-18H,14-15,28H2,1-2H3/q+1. The van der Waals surface area contributed by atoms with Crippen LogP contribution in [0, 0.1) is 13.1 Å². The molecule has 0 unspecified atom stereocenters. The van der Waals surface area contributed by atoms with E-state index in [2.05, 4.69) is 58.4 Å². The third-order valence-corrected chi connectivity index (χ3v) is 5.73. The van der Waals surface area contributed by atoms with Gasteiger partial charge in [0, 0.05) is 12.2 Å². The van der Waals surface area contributed by atoms with Crippen molar-refractivity contribution in [3.05, 3.63) is 95.0 Å². The van der Waals surface area contributed by atoms with Gasteiger partial charge in [-0.3, -0.25) is 0 Å². The fourth-order valence-corrected chi connectivity index (χ4v) is 4.31. The second-order valence-electron chi connectivity index (χ2n) is 7.85. The lowest BCUT2D eigenvalue weighted by Crippen LogP contribution is -2.24. The average Bonchev–Trinajstić information content (AvgIpc) is 3.48. The predicted octanol–water partition coefficient (Wildman–Crippen LogP) is 4.76. The van der Waals surface area contributed by atoms with Crippen LogP contribution in [0.1, 0.15) is 28.1 Å². The van der Waals surface area contributed by atoms with Crippen LogP contribution in [0.2, 0.25) is 0 Å². The molecule has 3 heterocycles. The normalized spacial score (nSPS) is 12.5. The lowest BCUT2D eigenvalue weighted by molar-refractivity contribution is -0.583. The molecular formula is C27H26N3O2+. The summed E-state index contributed by atoms with van der Waals surface area (Å²) in [6.07, 6.45) is 11.5. The Hall–Kier alpha value is -3.83. The van der Waals surface area contributed by atoms with Gasteiger partial charge >= 0.3 is 0 Å². The smallest absolute Gasteiger partial charge is 0.242 e. The number of methoxy groups -OCH3 is 1. The van der Waals surface area contributed by atoms with Crippen molar-refractivity contribution in [2.75, 3.05) is 13.7 Å². The molecule has 32 heavy (non-hydrogen) atoms. The molecule has 2 aromatic carbocycles. The summed E-state index contributed by atoms with van der Waals surface area (Å²) in [6.45, 7) is 2.80. The van der Waals surface area contributed by atoms with Crippen LogP contribution in [0.25, 0.3) is 23.7 Å². The number of nitrogens with two attached hydrogens (primary N) is 1. The zero-order valence-corrected chi connectivity index (χ0v) is 18.3. The molecule has 0 saturated heterocycles. The lowest BCUT2D eigenvalue weighted by Gasteiger charge is -2.07. The molecule has 0 fully saturated rings. The number of allylic oxidation sites excluding steroid dienone is 1. The highest BCUT2D eigenvalue weighted by atomic mass is 16.5. The molecule has 4 aromatic rings. The van der Waals surface area contributed by atoms with E-state index in [1.807, 2.05) is 42.5 Å². The van der Waals surface area contributed by atoms with Crippen molar-refractivity contribution < 1.29 is 13.8 Å². The van der Waals surface area contributed by atoms with Crippen molar-refractivity contribution >= 4 is 23.7 Å². The third-order valence-electron chi connectivity index (χ3n) is 5.73. The molecular weight excluding hydrogens is 398 g/mol. The Balaban J connectivity index is 1.45. The summed E-state index contributed by atoms with van der Waals surface area (Å²) < 4.78 is 15.7. The zero-order chi connectivity index (χ0) is 22.1. The minimum atomic E-state index is 0.636. The topological polar surface area (TPSA) is 54.8 Å². The Bertz CT molecular complexity index is 1400. The van der Waals surface area contributed by atoms with Crippen LogP contribution >= 0.6 is 0 Å². The highest BCUT2D eigenvalue weighted by Crippen LogP contribution is 2.27. The second kappa shape index (κ2) is 8.36. The highest BCUT2D eigenvalue weighted by molar-refractivity contribution is 5.75. The largest absolute Gasteiger partial charge is 0.497 e. The van der Waals surface area contributed by atoms with Crippen molar-refractivity contribution in [1.29, 1.82) is 0 Å². The molecule has 5 rings (SSSR count). The molecule has 0 atom stereocenters. The first-order valence-electron chi connectivity index (χ1n) is 10.7. The molecule has 0 bridgehead atoms. The van der Waals surface area contributed by atoms with Crippen LogP contribution in [0.5, 0.6) is 17.2 Å². The van der Waals surface area contributed by atoms with Gasteiger partial charge in [-0.2, -0.15) is 0 Å². The first-order valence-corrected chi connectivity index (χ1v) is 10.7. The van der Waals surface area contributed by atoms with E-state index in [0.29, 0.717) is 6.54 Å². The second-order valence-corrected chi connectivity index (χ2v) is 7.85. The minimum Gasteiger partial charge on any atom is -0.497 e.